The van der Waals surface area contributed by atoms with Crippen molar-refractivity contribution in [2.45, 2.75) is 20.0 Å². The van der Waals surface area contributed by atoms with E-state index in [-0.39, 0.29) is 12.1 Å². The monoisotopic (exact) mass is 430 g/mol. The van der Waals surface area contributed by atoms with Crippen LogP contribution in [0.15, 0.2) is 48.7 Å². The molecule has 0 radical (unpaired) electrons. The number of aryl methyl sites for hydroxylation is 2. The van der Waals surface area contributed by atoms with Gasteiger partial charge < -0.3 is 16.0 Å². The normalized spacial score (nSPS) is 11.1. The number of benzene rings is 1. The topological polar surface area (TPSA) is 91.8 Å². The van der Waals surface area contributed by atoms with E-state index in [0.717, 1.165) is 29.8 Å². The zero-order valence-electron chi connectivity index (χ0n) is 16.9. The maximum atomic E-state index is 12.6. The van der Waals surface area contributed by atoms with Crippen LogP contribution in [0.2, 0.25) is 0 Å². The van der Waals surface area contributed by atoms with Crippen molar-refractivity contribution < 1.29 is 18.0 Å². The Bertz CT molecular complexity index is 1050. The lowest BCUT2D eigenvalue weighted by atomic mass is 10.1. The van der Waals surface area contributed by atoms with Gasteiger partial charge >= 0.3 is 6.18 Å². The molecular formula is C21H21F3N6O. The van der Waals surface area contributed by atoms with E-state index in [0.29, 0.717) is 29.8 Å². The summed E-state index contributed by atoms with van der Waals surface area (Å²) in [5, 5.41) is 8.85. The van der Waals surface area contributed by atoms with Gasteiger partial charge in [0, 0.05) is 30.9 Å². The van der Waals surface area contributed by atoms with Crippen molar-refractivity contribution >= 4 is 23.4 Å². The molecule has 1 amide bonds. The van der Waals surface area contributed by atoms with E-state index >= 15 is 0 Å². The van der Waals surface area contributed by atoms with Gasteiger partial charge in [-0.05, 0) is 55.8 Å². The Kier molecular flexibility index (Phi) is 6.68. The van der Waals surface area contributed by atoms with Gasteiger partial charge in [0.1, 0.15) is 23.3 Å². The summed E-state index contributed by atoms with van der Waals surface area (Å²) in [6, 6.07) is 9.56. The lowest BCUT2D eigenvalue weighted by Gasteiger charge is -2.11. The molecule has 2 aromatic heterocycles. The van der Waals surface area contributed by atoms with Crippen molar-refractivity contribution in [1.29, 1.82) is 0 Å². The average molecular weight is 430 g/mol. The van der Waals surface area contributed by atoms with Crippen LogP contribution in [0.5, 0.6) is 0 Å². The number of halogens is 3. The lowest BCUT2D eigenvalue weighted by Crippen LogP contribution is -2.29. The molecule has 0 unspecified atom stereocenters. The predicted molar refractivity (Wildman–Crippen MR) is 111 cm³/mol. The van der Waals surface area contributed by atoms with E-state index in [9.17, 15) is 18.0 Å². The molecule has 3 rings (SSSR count). The van der Waals surface area contributed by atoms with Crippen molar-refractivity contribution in [3.63, 3.8) is 0 Å². The van der Waals surface area contributed by atoms with Gasteiger partial charge in [-0.25, -0.2) is 15.0 Å². The molecule has 0 saturated carbocycles. The number of hydrogen-bond donors (Lipinski definition) is 3. The maximum Gasteiger partial charge on any atom is 0.416 e. The third-order valence-electron chi connectivity index (χ3n) is 4.20. The second-order valence-corrected chi connectivity index (χ2v) is 6.79. The van der Waals surface area contributed by atoms with Crippen LogP contribution >= 0.6 is 0 Å². The molecule has 0 atom stereocenters. The molecule has 2 heterocycles. The van der Waals surface area contributed by atoms with E-state index in [1.54, 1.807) is 19.2 Å². The zero-order chi connectivity index (χ0) is 22.4. The first kappa shape index (κ1) is 22.0. The number of pyridine rings is 1. The summed E-state index contributed by atoms with van der Waals surface area (Å²) in [6.07, 6.45) is -2.73. The van der Waals surface area contributed by atoms with E-state index in [2.05, 4.69) is 30.9 Å². The number of hydrogen-bond acceptors (Lipinski definition) is 6. The fourth-order valence-corrected chi connectivity index (χ4v) is 2.74. The lowest BCUT2D eigenvalue weighted by molar-refractivity contribution is -0.137. The Balaban J connectivity index is 1.52. The summed E-state index contributed by atoms with van der Waals surface area (Å²) in [6.45, 7) is 4.34. The molecule has 0 spiro atoms. The smallest absolute Gasteiger partial charge is 0.368 e. The van der Waals surface area contributed by atoms with Gasteiger partial charge in [0.05, 0.1) is 5.56 Å². The quantitative estimate of drug-likeness (QED) is 0.489. The van der Waals surface area contributed by atoms with Crippen LogP contribution in [0.25, 0.3) is 0 Å². The Morgan fingerprint density at radius 2 is 1.65 bits per heavy atom. The van der Waals surface area contributed by atoms with E-state index in [1.165, 1.54) is 0 Å². The highest BCUT2D eigenvalue weighted by Gasteiger charge is 2.30. The highest BCUT2D eigenvalue weighted by molar-refractivity contribution is 5.94. The Hall–Kier alpha value is -3.69. The fourth-order valence-electron chi connectivity index (χ4n) is 2.74. The predicted octanol–water partition coefficient (Wildman–Crippen LogP) is 4.09. The molecular weight excluding hydrogens is 409 g/mol. The van der Waals surface area contributed by atoms with E-state index in [1.807, 2.05) is 19.1 Å². The maximum absolute atomic E-state index is 12.6. The minimum Gasteiger partial charge on any atom is -0.368 e. The third-order valence-corrected chi connectivity index (χ3v) is 4.20. The summed E-state index contributed by atoms with van der Waals surface area (Å²) in [4.78, 5) is 25.0. The molecule has 7 nitrogen and oxygen atoms in total. The van der Waals surface area contributed by atoms with Crippen LogP contribution in [0.3, 0.4) is 0 Å². The summed E-state index contributed by atoms with van der Waals surface area (Å²) in [7, 11) is 0. The van der Waals surface area contributed by atoms with Gasteiger partial charge in [0.25, 0.3) is 5.91 Å². The number of rotatable bonds is 7. The summed E-state index contributed by atoms with van der Waals surface area (Å²) < 4.78 is 37.8. The minimum atomic E-state index is -4.43. The molecule has 0 bridgehead atoms. The van der Waals surface area contributed by atoms with Gasteiger partial charge in [0.2, 0.25) is 0 Å². The van der Waals surface area contributed by atoms with Crippen LogP contribution in [-0.2, 0) is 6.18 Å². The number of nitrogens with zero attached hydrogens (tertiary/aromatic N) is 3. The first-order valence-electron chi connectivity index (χ1n) is 9.45. The highest BCUT2D eigenvalue weighted by Crippen LogP contribution is 2.29. The number of nitrogens with one attached hydrogen (secondary N) is 3. The summed E-state index contributed by atoms with van der Waals surface area (Å²) in [5.41, 5.74) is 0.420. The Morgan fingerprint density at radius 1 is 0.935 bits per heavy atom. The van der Waals surface area contributed by atoms with Gasteiger partial charge in [-0.15, -0.1) is 0 Å². The molecule has 0 fully saturated rings. The van der Waals surface area contributed by atoms with Crippen molar-refractivity contribution in [1.82, 2.24) is 20.3 Å². The molecule has 162 valence electrons. The van der Waals surface area contributed by atoms with Crippen molar-refractivity contribution in [2.75, 3.05) is 23.7 Å². The first-order chi connectivity index (χ1) is 14.7. The van der Waals surface area contributed by atoms with Crippen LogP contribution in [-0.4, -0.2) is 33.9 Å². The summed E-state index contributed by atoms with van der Waals surface area (Å²) in [5.74, 6) is 1.89. The molecule has 0 aliphatic rings. The van der Waals surface area contributed by atoms with Crippen molar-refractivity contribution in [3.05, 3.63) is 71.2 Å². The Labute approximate surface area is 177 Å². The van der Waals surface area contributed by atoms with Gasteiger partial charge in [0.15, 0.2) is 0 Å². The SMILES string of the molecule is Cc1ccnc(Nc2cc(NCCNC(=O)c3ccc(C(F)(F)F)cc3)nc(C)n2)c1. The molecule has 3 N–H and O–H groups in total. The number of alkyl halides is 3. The van der Waals surface area contributed by atoms with E-state index < -0.39 is 17.6 Å². The van der Waals surface area contributed by atoms with E-state index in [4.69, 9.17) is 0 Å². The molecule has 0 saturated heterocycles. The number of carbonyl (C=O) groups is 1. The first-order valence-corrected chi connectivity index (χ1v) is 9.45. The number of carbonyl (C=O) groups excluding carboxylic acids is 1. The van der Waals surface area contributed by atoms with Crippen LogP contribution in [0.1, 0.15) is 27.3 Å². The Morgan fingerprint density at radius 3 is 2.32 bits per heavy atom. The molecule has 31 heavy (non-hydrogen) atoms. The minimum absolute atomic E-state index is 0.156. The van der Waals surface area contributed by atoms with Crippen molar-refractivity contribution in [2.24, 2.45) is 0 Å². The largest absolute Gasteiger partial charge is 0.416 e. The standard InChI is InChI=1S/C21H21F3N6O/c1-13-7-8-25-17(11-13)30-19-12-18(28-14(2)29-19)26-9-10-27-20(31)15-3-5-16(6-4-15)21(22,23)24/h3-8,11-12H,9-10H2,1-2H3,(H,27,31)(H2,25,26,28,29,30). The van der Waals surface area contributed by atoms with Crippen LogP contribution in [0.4, 0.5) is 30.6 Å². The number of anilines is 3. The number of aromatic nitrogens is 3. The fraction of sp³-hybridized carbons (Fsp3) is 0.238. The third kappa shape index (κ3) is 6.39. The van der Waals surface area contributed by atoms with Gasteiger partial charge in [-0.3, -0.25) is 4.79 Å². The number of amides is 1. The van der Waals surface area contributed by atoms with Crippen molar-refractivity contribution in [3.8, 4) is 0 Å². The molecule has 10 heteroatoms. The van der Waals surface area contributed by atoms with Gasteiger partial charge in [-0.2, -0.15) is 13.2 Å². The average Bonchev–Trinajstić information content (AvgIpc) is 2.70. The molecule has 0 aliphatic carbocycles. The molecule has 3 aromatic rings. The highest BCUT2D eigenvalue weighted by atomic mass is 19.4. The summed E-state index contributed by atoms with van der Waals surface area (Å²) >= 11 is 0. The molecule has 1 aromatic carbocycles. The van der Waals surface area contributed by atoms with Gasteiger partial charge in [-0.1, -0.05) is 0 Å². The van der Waals surface area contributed by atoms with Crippen LogP contribution < -0.4 is 16.0 Å². The second kappa shape index (κ2) is 9.41. The zero-order valence-corrected chi connectivity index (χ0v) is 16.9. The van der Waals surface area contributed by atoms with Crippen LogP contribution in [0, 0.1) is 13.8 Å². The second-order valence-electron chi connectivity index (χ2n) is 6.79. The molecule has 0 aliphatic heterocycles.